The number of thiophene rings is 1. The van der Waals surface area contributed by atoms with Crippen molar-refractivity contribution in [1.82, 2.24) is 14.5 Å². The number of carbonyl (C=O) groups is 2. The zero-order valence-corrected chi connectivity index (χ0v) is 19.2. The summed E-state index contributed by atoms with van der Waals surface area (Å²) in [5, 5.41) is 3.28. The van der Waals surface area contributed by atoms with Gasteiger partial charge in [0.2, 0.25) is 5.91 Å². The Morgan fingerprint density at radius 1 is 1.19 bits per heavy atom. The predicted octanol–water partition coefficient (Wildman–Crippen LogP) is 3.00. The number of rotatable bonds is 5. The second-order valence-corrected chi connectivity index (χ2v) is 9.14. The molecule has 0 radical (unpaired) electrons. The third-order valence-electron chi connectivity index (χ3n) is 5.63. The molecular weight excluding hydrogens is 428 g/mol. The lowest BCUT2D eigenvalue weighted by atomic mass is 10.0. The lowest BCUT2D eigenvalue weighted by molar-refractivity contribution is -0.135. The van der Waals surface area contributed by atoms with Crippen molar-refractivity contribution in [3.8, 4) is 0 Å². The molecule has 0 atom stereocenters. The minimum absolute atomic E-state index is 0.0825. The Labute approximate surface area is 189 Å². The second kappa shape index (κ2) is 9.22. The minimum Gasteiger partial charge on any atom is -0.378 e. The zero-order chi connectivity index (χ0) is 22.8. The molecule has 3 aromatic rings. The van der Waals surface area contributed by atoms with Crippen LogP contribution in [0.25, 0.3) is 10.2 Å². The molecule has 9 heteroatoms. The highest BCUT2D eigenvalue weighted by Gasteiger charge is 2.22. The topological polar surface area (TPSA) is 93.5 Å². The first kappa shape index (κ1) is 22.2. The molecule has 0 bridgehead atoms. The summed E-state index contributed by atoms with van der Waals surface area (Å²) in [7, 11) is 0. The second-order valence-electron chi connectivity index (χ2n) is 8.14. The number of aryl methyl sites for hydroxylation is 1. The molecule has 0 saturated carbocycles. The number of aromatic nitrogens is 2. The van der Waals surface area contributed by atoms with E-state index in [-0.39, 0.29) is 23.9 Å². The Hall–Kier alpha value is -3.04. The van der Waals surface area contributed by atoms with Crippen molar-refractivity contribution in [3.63, 3.8) is 0 Å². The van der Waals surface area contributed by atoms with Gasteiger partial charge in [0.05, 0.1) is 29.8 Å². The van der Waals surface area contributed by atoms with E-state index >= 15 is 0 Å². The first-order valence-corrected chi connectivity index (χ1v) is 11.4. The van der Waals surface area contributed by atoms with Gasteiger partial charge in [-0.2, -0.15) is 0 Å². The Bertz CT molecular complexity index is 1210. The molecule has 1 aliphatic heterocycles. The highest BCUT2D eigenvalue weighted by molar-refractivity contribution is 7.20. The van der Waals surface area contributed by atoms with Gasteiger partial charge in [0.1, 0.15) is 11.4 Å². The van der Waals surface area contributed by atoms with Crippen LogP contribution in [0.15, 0.2) is 35.4 Å². The Morgan fingerprint density at radius 3 is 2.53 bits per heavy atom. The smallest absolute Gasteiger partial charge is 0.266 e. The van der Waals surface area contributed by atoms with Gasteiger partial charge in [-0.3, -0.25) is 19.0 Å². The molecule has 1 aromatic carbocycles. The summed E-state index contributed by atoms with van der Waals surface area (Å²) < 4.78 is 6.58. The monoisotopic (exact) mass is 454 g/mol. The van der Waals surface area contributed by atoms with Gasteiger partial charge in [-0.1, -0.05) is 26.0 Å². The van der Waals surface area contributed by atoms with Crippen molar-refractivity contribution in [2.75, 3.05) is 31.6 Å². The fraction of sp³-hybridized carbons (Fsp3) is 0.391. The molecule has 1 aliphatic rings. The van der Waals surface area contributed by atoms with E-state index in [1.807, 2.05) is 24.3 Å². The van der Waals surface area contributed by atoms with E-state index in [0.29, 0.717) is 58.6 Å². The van der Waals surface area contributed by atoms with Crippen LogP contribution >= 0.6 is 11.3 Å². The molecule has 0 spiro atoms. The molecule has 2 amide bonds. The first-order chi connectivity index (χ1) is 15.3. The molecular formula is C23H26N4O4S. The van der Waals surface area contributed by atoms with Crippen LogP contribution in [-0.4, -0.2) is 52.6 Å². The van der Waals surface area contributed by atoms with Gasteiger partial charge in [-0.25, -0.2) is 4.98 Å². The standard InChI is InChI=1S/C23H26N4O4S/c1-14(2)16-4-6-17(7-5-16)25-21(29)20-15(3)19-22(32-20)24-13-27(23(19)30)12-18(28)26-8-10-31-11-9-26/h4-7,13-14H,8-12H2,1-3H3,(H,25,29). The van der Waals surface area contributed by atoms with Gasteiger partial charge in [0.15, 0.2) is 0 Å². The summed E-state index contributed by atoms with van der Waals surface area (Å²) in [6.07, 6.45) is 1.38. The number of carbonyl (C=O) groups excluding carboxylic acids is 2. The van der Waals surface area contributed by atoms with E-state index in [2.05, 4.69) is 24.1 Å². The number of hydrogen-bond acceptors (Lipinski definition) is 6. The van der Waals surface area contributed by atoms with Crippen molar-refractivity contribution in [1.29, 1.82) is 0 Å². The molecule has 0 unspecified atom stereocenters. The number of hydrogen-bond donors (Lipinski definition) is 1. The minimum atomic E-state index is -0.314. The summed E-state index contributed by atoms with van der Waals surface area (Å²) in [5.41, 5.74) is 2.15. The first-order valence-electron chi connectivity index (χ1n) is 10.6. The van der Waals surface area contributed by atoms with E-state index in [9.17, 15) is 14.4 Å². The van der Waals surface area contributed by atoms with Crippen molar-refractivity contribution in [2.24, 2.45) is 0 Å². The van der Waals surface area contributed by atoms with Gasteiger partial charge in [-0.15, -0.1) is 11.3 Å². The number of anilines is 1. The van der Waals surface area contributed by atoms with Gasteiger partial charge >= 0.3 is 0 Å². The number of morpholine rings is 1. The largest absolute Gasteiger partial charge is 0.378 e. The number of amides is 2. The van der Waals surface area contributed by atoms with Gasteiger partial charge in [-0.05, 0) is 36.1 Å². The lowest BCUT2D eigenvalue weighted by Crippen LogP contribution is -2.43. The van der Waals surface area contributed by atoms with E-state index in [1.54, 1.807) is 11.8 Å². The van der Waals surface area contributed by atoms with Crippen molar-refractivity contribution in [3.05, 3.63) is 57.0 Å². The fourth-order valence-electron chi connectivity index (χ4n) is 3.69. The molecule has 1 N–H and O–H groups in total. The maximum atomic E-state index is 13.1. The molecule has 0 aliphatic carbocycles. The Balaban J connectivity index is 1.56. The van der Waals surface area contributed by atoms with E-state index in [1.165, 1.54) is 27.8 Å². The van der Waals surface area contributed by atoms with Crippen LogP contribution in [0.1, 0.15) is 40.6 Å². The van der Waals surface area contributed by atoms with Crippen LogP contribution in [0.4, 0.5) is 5.69 Å². The van der Waals surface area contributed by atoms with Crippen molar-refractivity contribution >= 4 is 39.1 Å². The highest BCUT2D eigenvalue weighted by Crippen LogP contribution is 2.28. The fourth-order valence-corrected chi connectivity index (χ4v) is 4.72. The summed E-state index contributed by atoms with van der Waals surface area (Å²) in [6, 6.07) is 7.73. The number of fused-ring (bicyclic) bond motifs is 1. The van der Waals surface area contributed by atoms with Crippen LogP contribution < -0.4 is 10.9 Å². The predicted molar refractivity (Wildman–Crippen MR) is 125 cm³/mol. The summed E-state index contributed by atoms with van der Waals surface area (Å²) in [6.45, 7) is 7.92. The van der Waals surface area contributed by atoms with Gasteiger partial charge in [0.25, 0.3) is 11.5 Å². The van der Waals surface area contributed by atoms with Gasteiger partial charge < -0.3 is 15.0 Å². The molecule has 2 aromatic heterocycles. The Morgan fingerprint density at radius 2 is 1.88 bits per heavy atom. The third kappa shape index (κ3) is 4.44. The van der Waals surface area contributed by atoms with E-state index in [4.69, 9.17) is 4.74 Å². The molecule has 1 saturated heterocycles. The van der Waals surface area contributed by atoms with Crippen LogP contribution in [-0.2, 0) is 16.1 Å². The SMILES string of the molecule is Cc1c(C(=O)Nc2ccc(C(C)C)cc2)sc2ncn(CC(=O)N3CCOCC3)c(=O)c12. The zero-order valence-electron chi connectivity index (χ0n) is 18.4. The van der Waals surface area contributed by atoms with Crippen LogP contribution in [0.5, 0.6) is 0 Å². The maximum Gasteiger partial charge on any atom is 0.266 e. The number of nitrogens with one attached hydrogen (secondary N) is 1. The molecule has 168 valence electrons. The summed E-state index contributed by atoms with van der Waals surface area (Å²) >= 11 is 1.18. The Kier molecular flexibility index (Phi) is 6.38. The van der Waals surface area contributed by atoms with Crippen LogP contribution in [0.3, 0.4) is 0 Å². The molecule has 4 rings (SSSR count). The normalized spacial score (nSPS) is 14.2. The van der Waals surface area contributed by atoms with Crippen molar-refractivity contribution < 1.29 is 14.3 Å². The van der Waals surface area contributed by atoms with Gasteiger partial charge in [0, 0.05) is 18.8 Å². The van der Waals surface area contributed by atoms with E-state index < -0.39 is 0 Å². The molecule has 32 heavy (non-hydrogen) atoms. The lowest BCUT2D eigenvalue weighted by Gasteiger charge is -2.26. The number of ether oxygens (including phenoxy) is 1. The molecule has 1 fully saturated rings. The van der Waals surface area contributed by atoms with E-state index in [0.717, 1.165) is 0 Å². The summed E-state index contributed by atoms with van der Waals surface area (Å²) in [5.74, 6) is -0.0154. The number of nitrogens with zero attached hydrogens (tertiary/aromatic N) is 3. The average molecular weight is 455 g/mol. The van der Waals surface area contributed by atoms with Crippen LogP contribution in [0.2, 0.25) is 0 Å². The summed E-state index contributed by atoms with van der Waals surface area (Å²) in [4.78, 5) is 45.5. The number of benzene rings is 1. The maximum absolute atomic E-state index is 13.1. The highest BCUT2D eigenvalue weighted by atomic mass is 32.1. The quantitative estimate of drug-likeness (QED) is 0.640. The average Bonchev–Trinajstić information content (AvgIpc) is 3.13. The molecule has 8 nitrogen and oxygen atoms in total. The van der Waals surface area contributed by atoms with Crippen LogP contribution in [0, 0.1) is 6.92 Å². The molecule has 3 heterocycles. The van der Waals surface area contributed by atoms with Crippen molar-refractivity contribution in [2.45, 2.75) is 33.2 Å². The third-order valence-corrected chi connectivity index (χ3v) is 6.83.